The highest BCUT2D eigenvalue weighted by Gasteiger charge is 2.06. The number of aryl methyl sites for hydroxylation is 2. The first-order chi connectivity index (χ1) is 10.1. The summed E-state index contributed by atoms with van der Waals surface area (Å²) in [5.41, 5.74) is 2.55. The monoisotopic (exact) mass is 286 g/mol. The van der Waals surface area contributed by atoms with Crippen LogP contribution in [0, 0.1) is 6.92 Å². The van der Waals surface area contributed by atoms with Gasteiger partial charge < -0.3 is 10.3 Å². The van der Waals surface area contributed by atoms with Gasteiger partial charge in [-0.2, -0.15) is 0 Å². The SMILES string of the molecule is CCCCNC(=O)CCc1cc2cc(C)ccc2[nH]c1=O. The van der Waals surface area contributed by atoms with Crippen LogP contribution in [-0.4, -0.2) is 17.4 Å². The number of carbonyl (C=O) groups excluding carboxylic acids is 1. The molecule has 4 nitrogen and oxygen atoms in total. The highest BCUT2D eigenvalue weighted by atomic mass is 16.1. The lowest BCUT2D eigenvalue weighted by molar-refractivity contribution is -0.121. The van der Waals surface area contributed by atoms with Crippen molar-refractivity contribution in [2.45, 2.75) is 39.5 Å². The van der Waals surface area contributed by atoms with E-state index in [1.54, 1.807) is 0 Å². The maximum Gasteiger partial charge on any atom is 0.251 e. The third kappa shape index (κ3) is 4.18. The average molecular weight is 286 g/mol. The van der Waals surface area contributed by atoms with E-state index in [2.05, 4.69) is 17.2 Å². The van der Waals surface area contributed by atoms with Crippen molar-refractivity contribution in [2.75, 3.05) is 6.54 Å². The van der Waals surface area contributed by atoms with E-state index in [9.17, 15) is 9.59 Å². The number of hydrogen-bond acceptors (Lipinski definition) is 2. The second-order valence-electron chi connectivity index (χ2n) is 5.42. The molecule has 1 aromatic carbocycles. The van der Waals surface area contributed by atoms with E-state index in [1.807, 2.05) is 31.2 Å². The van der Waals surface area contributed by atoms with Gasteiger partial charge in [0, 0.05) is 24.0 Å². The Hall–Kier alpha value is -2.10. The Morgan fingerprint density at radius 3 is 2.86 bits per heavy atom. The number of nitrogens with one attached hydrogen (secondary N) is 2. The van der Waals surface area contributed by atoms with Gasteiger partial charge in [-0.15, -0.1) is 0 Å². The Morgan fingerprint density at radius 2 is 2.10 bits per heavy atom. The number of amides is 1. The summed E-state index contributed by atoms with van der Waals surface area (Å²) in [6.07, 6.45) is 2.87. The summed E-state index contributed by atoms with van der Waals surface area (Å²) in [4.78, 5) is 26.6. The molecule has 0 aliphatic rings. The second-order valence-corrected chi connectivity index (χ2v) is 5.42. The Morgan fingerprint density at radius 1 is 1.29 bits per heavy atom. The van der Waals surface area contributed by atoms with Crippen LogP contribution >= 0.6 is 0 Å². The Kier molecular flexibility index (Phi) is 5.14. The maximum absolute atomic E-state index is 12.0. The molecular formula is C17H22N2O2. The number of rotatable bonds is 6. The molecule has 0 aliphatic carbocycles. The summed E-state index contributed by atoms with van der Waals surface area (Å²) in [6, 6.07) is 7.81. The van der Waals surface area contributed by atoms with E-state index in [-0.39, 0.29) is 11.5 Å². The minimum Gasteiger partial charge on any atom is -0.356 e. The van der Waals surface area contributed by atoms with Crippen LogP contribution in [0.4, 0.5) is 0 Å². The molecular weight excluding hydrogens is 264 g/mol. The van der Waals surface area contributed by atoms with E-state index in [1.165, 1.54) is 0 Å². The molecule has 1 heterocycles. The fraction of sp³-hybridized carbons (Fsp3) is 0.412. The minimum absolute atomic E-state index is 0.00666. The molecule has 0 saturated heterocycles. The van der Waals surface area contributed by atoms with Crippen LogP contribution in [-0.2, 0) is 11.2 Å². The number of benzene rings is 1. The maximum atomic E-state index is 12.0. The molecule has 112 valence electrons. The molecule has 21 heavy (non-hydrogen) atoms. The summed E-state index contributed by atoms with van der Waals surface area (Å²) >= 11 is 0. The summed E-state index contributed by atoms with van der Waals surface area (Å²) in [6.45, 7) is 4.82. The van der Waals surface area contributed by atoms with Crippen molar-refractivity contribution in [1.82, 2.24) is 10.3 Å². The molecule has 4 heteroatoms. The highest BCUT2D eigenvalue weighted by molar-refractivity contribution is 5.80. The van der Waals surface area contributed by atoms with Crippen molar-refractivity contribution in [2.24, 2.45) is 0 Å². The molecule has 2 rings (SSSR count). The van der Waals surface area contributed by atoms with Gasteiger partial charge >= 0.3 is 0 Å². The fourth-order valence-electron chi connectivity index (χ4n) is 2.30. The van der Waals surface area contributed by atoms with Crippen molar-refractivity contribution in [3.8, 4) is 0 Å². The van der Waals surface area contributed by atoms with Crippen LogP contribution in [0.5, 0.6) is 0 Å². The van der Waals surface area contributed by atoms with Gasteiger partial charge in [-0.1, -0.05) is 25.0 Å². The van der Waals surface area contributed by atoms with Crippen LogP contribution in [0.25, 0.3) is 10.9 Å². The predicted octanol–water partition coefficient (Wildman–Crippen LogP) is 2.69. The first-order valence-corrected chi connectivity index (χ1v) is 7.49. The Bertz CT molecular complexity index is 689. The molecule has 0 spiro atoms. The van der Waals surface area contributed by atoms with Crippen molar-refractivity contribution in [3.63, 3.8) is 0 Å². The smallest absolute Gasteiger partial charge is 0.251 e. The average Bonchev–Trinajstić information content (AvgIpc) is 2.46. The van der Waals surface area contributed by atoms with Crippen LogP contribution in [0.3, 0.4) is 0 Å². The van der Waals surface area contributed by atoms with E-state index in [0.29, 0.717) is 24.9 Å². The lowest BCUT2D eigenvalue weighted by Gasteiger charge is -2.06. The van der Waals surface area contributed by atoms with Crippen molar-refractivity contribution in [3.05, 3.63) is 45.7 Å². The third-order valence-corrected chi connectivity index (χ3v) is 3.55. The molecule has 0 fully saturated rings. The summed E-state index contributed by atoms with van der Waals surface area (Å²) in [7, 11) is 0. The van der Waals surface area contributed by atoms with Gasteiger partial charge in [-0.25, -0.2) is 0 Å². The van der Waals surface area contributed by atoms with Gasteiger partial charge in [0.15, 0.2) is 0 Å². The molecule has 1 amide bonds. The molecule has 0 atom stereocenters. The molecule has 0 unspecified atom stereocenters. The third-order valence-electron chi connectivity index (χ3n) is 3.55. The lowest BCUT2D eigenvalue weighted by Crippen LogP contribution is -2.25. The lowest BCUT2D eigenvalue weighted by atomic mass is 10.1. The van der Waals surface area contributed by atoms with Gasteiger partial charge in [0.2, 0.25) is 5.91 Å². The van der Waals surface area contributed by atoms with Crippen LogP contribution in [0.15, 0.2) is 29.1 Å². The number of carbonyl (C=O) groups is 1. The van der Waals surface area contributed by atoms with Gasteiger partial charge in [-0.05, 0) is 43.4 Å². The predicted molar refractivity (Wildman–Crippen MR) is 85.5 cm³/mol. The van der Waals surface area contributed by atoms with Crippen LogP contribution in [0.1, 0.15) is 37.3 Å². The highest BCUT2D eigenvalue weighted by Crippen LogP contribution is 2.13. The van der Waals surface area contributed by atoms with E-state index < -0.39 is 0 Å². The zero-order valence-corrected chi connectivity index (χ0v) is 12.7. The summed E-state index contributed by atoms with van der Waals surface area (Å²) < 4.78 is 0. The number of aromatic amines is 1. The van der Waals surface area contributed by atoms with Gasteiger partial charge in [0.25, 0.3) is 5.56 Å². The topological polar surface area (TPSA) is 62.0 Å². The van der Waals surface area contributed by atoms with Gasteiger partial charge in [0.1, 0.15) is 0 Å². The first kappa shape index (κ1) is 15.3. The Balaban J connectivity index is 2.06. The molecule has 0 aliphatic heterocycles. The zero-order valence-electron chi connectivity index (χ0n) is 12.7. The molecule has 1 aromatic heterocycles. The van der Waals surface area contributed by atoms with Crippen molar-refractivity contribution >= 4 is 16.8 Å². The number of aromatic nitrogens is 1. The number of H-pyrrole nitrogens is 1. The molecule has 2 aromatic rings. The van der Waals surface area contributed by atoms with Crippen molar-refractivity contribution < 1.29 is 4.79 Å². The molecule has 0 radical (unpaired) electrons. The number of pyridine rings is 1. The van der Waals surface area contributed by atoms with Gasteiger partial charge in [0.05, 0.1) is 0 Å². The standard InChI is InChI=1S/C17H22N2O2/c1-3-4-9-18-16(20)8-6-13-11-14-10-12(2)5-7-15(14)19-17(13)21/h5,7,10-11H,3-4,6,8-9H2,1-2H3,(H,18,20)(H,19,21). The number of fused-ring (bicyclic) bond motifs is 1. The van der Waals surface area contributed by atoms with Crippen LogP contribution in [0.2, 0.25) is 0 Å². The van der Waals surface area contributed by atoms with E-state index in [0.717, 1.165) is 29.3 Å². The zero-order chi connectivity index (χ0) is 15.2. The van der Waals surface area contributed by atoms with Gasteiger partial charge in [-0.3, -0.25) is 9.59 Å². The second kappa shape index (κ2) is 7.07. The largest absolute Gasteiger partial charge is 0.356 e. The van der Waals surface area contributed by atoms with E-state index >= 15 is 0 Å². The fourth-order valence-corrected chi connectivity index (χ4v) is 2.30. The number of hydrogen-bond donors (Lipinski definition) is 2. The van der Waals surface area contributed by atoms with E-state index in [4.69, 9.17) is 0 Å². The van der Waals surface area contributed by atoms with Crippen LogP contribution < -0.4 is 10.9 Å². The molecule has 0 saturated carbocycles. The normalized spacial score (nSPS) is 10.8. The quantitative estimate of drug-likeness (QED) is 0.802. The molecule has 0 bridgehead atoms. The minimum atomic E-state index is -0.104. The molecule has 2 N–H and O–H groups in total. The number of unbranched alkanes of at least 4 members (excludes halogenated alkanes) is 1. The van der Waals surface area contributed by atoms with Crippen molar-refractivity contribution in [1.29, 1.82) is 0 Å². The Labute approximate surface area is 124 Å². The first-order valence-electron chi connectivity index (χ1n) is 7.49. The summed E-state index contributed by atoms with van der Waals surface area (Å²) in [5.74, 6) is 0.00666. The summed E-state index contributed by atoms with van der Waals surface area (Å²) in [5, 5.41) is 3.88.